The number of fused-ring (bicyclic) bond motifs is 5. The van der Waals surface area contributed by atoms with Gasteiger partial charge in [-0.1, -0.05) is 6.07 Å². The molecule has 3 atom stereocenters. The molecule has 4 heterocycles. The van der Waals surface area contributed by atoms with Gasteiger partial charge in [-0.05, 0) is 63.8 Å². The highest BCUT2D eigenvalue weighted by molar-refractivity contribution is 5.86. The second-order valence-electron chi connectivity index (χ2n) is 9.41. The van der Waals surface area contributed by atoms with Gasteiger partial charge in [0.25, 0.3) is 11.5 Å². The zero-order valence-electron chi connectivity index (χ0n) is 19.4. The monoisotopic (exact) mass is 448 g/mol. The van der Waals surface area contributed by atoms with Gasteiger partial charge < -0.3 is 18.6 Å². The smallest absolute Gasteiger partial charge is 0.339 e. The van der Waals surface area contributed by atoms with Crippen molar-refractivity contribution in [3.8, 4) is 5.75 Å². The van der Waals surface area contributed by atoms with Crippen molar-refractivity contribution in [1.82, 2.24) is 9.47 Å². The van der Waals surface area contributed by atoms with Gasteiger partial charge >= 0.3 is 5.63 Å². The number of pyridine rings is 1. The molecule has 0 spiro atoms. The van der Waals surface area contributed by atoms with Gasteiger partial charge in [0, 0.05) is 53.8 Å². The number of hydrogen-bond acceptors (Lipinski definition) is 5. The van der Waals surface area contributed by atoms with Crippen molar-refractivity contribution in [2.45, 2.75) is 52.7 Å². The maximum atomic E-state index is 13.3. The standard InChI is InChI=1S/C26H28N2O5/c1-14-15(2)26(31)33-24-16(3)22(9-8-20(14)24)32-17(4)25(30)27-11-18-10-19(13-27)21-6-5-7-23(29)28(21)12-18/h5-9,17-19H,10-13H2,1-4H3/t17-,18-,19+/m0/s1. The minimum Gasteiger partial charge on any atom is -0.480 e. The topological polar surface area (TPSA) is 81.8 Å². The number of rotatable bonds is 3. The number of aromatic nitrogens is 1. The summed E-state index contributed by atoms with van der Waals surface area (Å²) >= 11 is 0. The first-order valence-electron chi connectivity index (χ1n) is 11.4. The minimum atomic E-state index is -0.684. The van der Waals surface area contributed by atoms with E-state index in [9.17, 15) is 14.4 Å². The number of benzene rings is 1. The number of piperidine rings is 1. The van der Waals surface area contributed by atoms with Crippen LogP contribution in [0.4, 0.5) is 0 Å². The Balaban J connectivity index is 1.37. The van der Waals surface area contributed by atoms with Crippen molar-refractivity contribution in [3.05, 3.63) is 73.5 Å². The largest absolute Gasteiger partial charge is 0.480 e. The van der Waals surface area contributed by atoms with Crippen molar-refractivity contribution in [3.63, 3.8) is 0 Å². The van der Waals surface area contributed by atoms with Crippen LogP contribution in [0.2, 0.25) is 0 Å². The van der Waals surface area contributed by atoms with E-state index in [4.69, 9.17) is 9.15 Å². The summed E-state index contributed by atoms with van der Waals surface area (Å²) in [6.45, 7) is 9.10. The summed E-state index contributed by atoms with van der Waals surface area (Å²) in [5.41, 5.74) is 3.37. The highest BCUT2D eigenvalue weighted by atomic mass is 16.5. The van der Waals surface area contributed by atoms with Crippen LogP contribution in [0.1, 0.15) is 41.6 Å². The summed E-state index contributed by atoms with van der Waals surface area (Å²) in [6.07, 6.45) is 0.306. The van der Waals surface area contributed by atoms with Gasteiger partial charge in [0.05, 0.1) is 0 Å². The predicted molar refractivity (Wildman–Crippen MR) is 125 cm³/mol. The number of hydrogen-bond donors (Lipinski definition) is 0. The first-order chi connectivity index (χ1) is 15.7. The number of ether oxygens (including phenoxy) is 1. The van der Waals surface area contributed by atoms with Crippen molar-refractivity contribution in [2.75, 3.05) is 13.1 Å². The molecule has 1 saturated heterocycles. The van der Waals surface area contributed by atoms with E-state index in [-0.39, 0.29) is 28.9 Å². The van der Waals surface area contributed by atoms with Crippen molar-refractivity contribution in [1.29, 1.82) is 0 Å². The molecular formula is C26H28N2O5. The van der Waals surface area contributed by atoms with Gasteiger partial charge in [0.1, 0.15) is 11.3 Å². The summed E-state index contributed by atoms with van der Waals surface area (Å²) < 4.78 is 13.5. The van der Waals surface area contributed by atoms with Crippen LogP contribution in [0.3, 0.4) is 0 Å². The third-order valence-electron chi connectivity index (χ3n) is 7.27. The fourth-order valence-corrected chi connectivity index (χ4v) is 5.33. The molecule has 0 unspecified atom stereocenters. The van der Waals surface area contributed by atoms with Crippen LogP contribution in [0, 0.1) is 26.7 Å². The number of nitrogens with zero attached hydrogens (tertiary/aromatic N) is 2. The Morgan fingerprint density at radius 2 is 1.82 bits per heavy atom. The van der Waals surface area contributed by atoms with Crippen LogP contribution in [-0.2, 0) is 11.3 Å². The molecule has 2 aliphatic heterocycles. The molecule has 0 radical (unpaired) electrons. The number of amides is 1. The number of likely N-dealkylation sites (tertiary alicyclic amines) is 1. The van der Waals surface area contributed by atoms with E-state index in [2.05, 4.69) is 0 Å². The molecule has 1 amide bonds. The summed E-state index contributed by atoms with van der Waals surface area (Å²) in [6, 6.07) is 9.10. The van der Waals surface area contributed by atoms with Crippen molar-refractivity contribution >= 4 is 16.9 Å². The quantitative estimate of drug-likeness (QED) is 0.575. The van der Waals surface area contributed by atoms with E-state index in [0.717, 1.165) is 23.1 Å². The molecule has 1 fully saturated rings. The summed E-state index contributed by atoms with van der Waals surface area (Å²) in [7, 11) is 0. The Morgan fingerprint density at radius 1 is 1.03 bits per heavy atom. The highest BCUT2D eigenvalue weighted by Crippen LogP contribution is 2.35. The molecule has 7 nitrogen and oxygen atoms in total. The Labute approximate surface area is 191 Å². The molecule has 33 heavy (non-hydrogen) atoms. The summed E-state index contributed by atoms with van der Waals surface area (Å²) in [5, 5.41) is 0.869. The van der Waals surface area contributed by atoms with E-state index >= 15 is 0 Å². The Hall–Kier alpha value is -3.35. The minimum absolute atomic E-state index is 0.0301. The highest BCUT2D eigenvalue weighted by Gasteiger charge is 2.37. The fraction of sp³-hybridized carbons (Fsp3) is 0.423. The molecule has 1 aromatic carbocycles. The van der Waals surface area contributed by atoms with Gasteiger partial charge in [-0.25, -0.2) is 4.79 Å². The third kappa shape index (κ3) is 3.56. The summed E-state index contributed by atoms with van der Waals surface area (Å²) in [4.78, 5) is 39.6. The average molecular weight is 449 g/mol. The molecule has 0 N–H and O–H groups in total. The molecule has 2 aliphatic rings. The van der Waals surface area contributed by atoms with Crippen LogP contribution >= 0.6 is 0 Å². The van der Waals surface area contributed by atoms with E-state index in [1.807, 2.05) is 41.5 Å². The maximum Gasteiger partial charge on any atom is 0.339 e. The zero-order valence-corrected chi connectivity index (χ0v) is 19.4. The van der Waals surface area contributed by atoms with E-state index < -0.39 is 6.10 Å². The molecule has 3 aromatic rings. The van der Waals surface area contributed by atoms with Crippen molar-refractivity contribution in [2.24, 2.45) is 5.92 Å². The van der Waals surface area contributed by atoms with Crippen LogP contribution in [-0.4, -0.2) is 34.6 Å². The van der Waals surface area contributed by atoms with Crippen LogP contribution in [0.5, 0.6) is 5.75 Å². The first-order valence-corrected chi connectivity index (χ1v) is 11.4. The number of carbonyl (C=O) groups is 1. The molecule has 2 bridgehead atoms. The number of carbonyl (C=O) groups excluding carboxylic acids is 1. The predicted octanol–water partition coefficient (Wildman–Crippen LogP) is 3.29. The van der Waals surface area contributed by atoms with Gasteiger partial charge in [0.2, 0.25) is 0 Å². The Bertz CT molecular complexity index is 1390. The van der Waals surface area contributed by atoms with E-state index in [1.54, 1.807) is 26.0 Å². The normalized spacial score (nSPS) is 20.4. The lowest BCUT2D eigenvalue weighted by Crippen LogP contribution is -2.52. The zero-order chi connectivity index (χ0) is 23.4. The molecular weight excluding hydrogens is 420 g/mol. The molecule has 172 valence electrons. The Morgan fingerprint density at radius 3 is 2.61 bits per heavy atom. The van der Waals surface area contributed by atoms with Gasteiger partial charge in [0.15, 0.2) is 6.10 Å². The SMILES string of the molecule is Cc1c(C)c2ccc(O[C@@H](C)C(=O)N3C[C@@H]4C[C@H](C3)c3cccc(=O)n3C4)c(C)c2oc1=O. The molecule has 0 saturated carbocycles. The molecule has 7 heteroatoms. The van der Waals surface area contributed by atoms with E-state index in [0.29, 0.717) is 42.1 Å². The molecule has 0 aliphatic carbocycles. The second-order valence-corrected chi connectivity index (χ2v) is 9.41. The number of aryl methyl sites for hydroxylation is 2. The lowest BCUT2D eigenvalue weighted by atomic mass is 9.83. The maximum absolute atomic E-state index is 13.3. The summed E-state index contributed by atoms with van der Waals surface area (Å²) in [5.74, 6) is 0.877. The fourth-order valence-electron chi connectivity index (χ4n) is 5.33. The van der Waals surface area contributed by atoms with Crippen molar-refractivity contribution < 1.29 is 13.9 Å². The van der Waals surface area contributed by atoms with E-state index in [1.165, 1.54) is 0 Å². The third-order valence-corrected chi connectivity index (χ3v) is 7.27. The van der Waals surface area contributed by atoms with Crippen LogP contribution < -0.4 is 15.9 Å². The molecule has 5 rings (SSSR count). The molecule has 2 aromatic heterocycles. The van der Waals surface area contributed by atoms with Gasteiger partial charge in [-0.15, -0.1) is 0 Å². The lowest BCUT2D eigenvalue weighted by molar-refractivity contribution is -0.140. The lowest BCUT2D eigenvalue weighted by Gasteiger charge is -2.43. The van der Waals surface area contributed by atoms with Gasteiger partial charge in [-0.2, -0.15) is 0 Å². The average Bonchev–Trinajstić information content (AvgIpc) is 2.80. The van der Waals surface area contributed by atoms with Crippen LogP contribution in [0.15, 0.2) is 44.3 Å². The second kappa shape index (κ2) is 7.90. The first kappa shape index (κ1) is 21.5. The van der Waals surface area contributed by atoms with Crippen LogP contribution in [0.25, 0.3) is 11.0 Å². The Kier molecular flexibility index (Phi) is 5.15. The van der Waals surface area contributed by atoms with Gasteiger partial charge in [-0.3, -0.25) is 9.59 Å².